The molecule has 1 aliphatic rings. The zero-order chi connectivity index (χ0) is 21.1. The summed E-state index contributed by atoms with van der Waals surface area (Å²) in [5.41, 5.74) is -0.221. The summed E-state index contributed by atoms with van der Waals surface area (Å²) in [7, 11) is 2.76. The Balaban J connectivity index is 2.01. The van der Waals surface area contributed by atoms with Gasteiger partial charge < -0.3 is 9.47 Å². The molecular formula is C19H15N3O7. The summed E-state index contributed by atoms with van der Waals surface area (Å²) in [6.45, 7) is 0. The van der Waals surface area contributed by atoms with Crippen LogP contribution in [0.2, 0.25) is 0 Å². The van der Waals surface area contributed by atoms with Crippen LogP contribution in [0.3, 0.4) is 0 Å². The maximum absolute atomic E-state index is 12.8. The molecule has 10 heteroatoms. The SMILES string of the molecule is COc1ccc(N2C(=O)NC(=O)/C(=C/c3ccc(OC)c([N+](=O)[O-])c3)C2=O)cc1. The van der Waals surface area contributed by atoms with Crippen LogP contribution >= 0.6 is 0 Å². The second-order valence-electron chi connectivity index (χ2n) is 5.84. The van der Waals surface area contributed by atoms with Crippen LogP contribution in [-0.2, 0) is 9.59 Å². The molecule has 0 aliphatic carbocycles. The van der Waals surface area contributed by atoms with Crippen LogP contribution in [0.1, 0.15) is 5.56 Å². The van der Waals surface area contributed by atoms with Gasteiger partial charge in [-0.15, -0.1) is 0 Å². The number of nitrogens with zero attached hydrogens (tertiary/aromatic N) is 2. The highest BCUT2D eigenvalue weighted by Gasteiger charge is 2.36. The first-order chi connectivity index (χ1) is 13.8. The first-order valence-electron chi connectivity index (χ1n) is 8.23. The molecule has 0 atom stereocenters. The smallest absolute Gasteiger partial charge is 0.335 e. The highest BCUT2D eigenvalue weighted by Crippen LogP contribution is 2.29. The van der Waals surface area contributed by atoms with Crippen molar-refractivity contribution in [3.8, 4) is 11.5 Å². The van der Waals surface area contributed by atoms with Crippen molar-refractivity contribution in [3.63, 3.8) is 0 Å². The normalized spacial score (nSPS) is 15.3. The number of carbonyl (C=O) groups excluding carboxylic acids is 3. The number of nitrogens with one attached hydrogen (secondary N) is 1. The number of nitro groups is 1. The van der Waals surface area contributed by atoms with Crippen molar-refractivity contribution in [2.45, 2.75) is 0 Å². The van der Waals surface area contributed by atoms with Gasteiger partial charge >= 0.3 is 11.7 Å². The van der Waals surface area contributed by atoms with Gasteiger partial charge in [0.05, 0.1) is 24.8 Å². The van der Waals surface area contributed by atoms with Crippen molar-refractivity contribution in [3.05, 3.63) is 63.7 Å². The summed E-state index contributed by atoms with van der Waals surface area (Å²) in [5, 5.41) is 13.3. The number of urea groups is 1. The molecule has 1 aliphatic heterocycles. The van der Waals surface area contributed by atoms with Gasteiger partial charge in [-0.2, -0.15) is 0 Å². The van der Waals surface area contributed by atoms with Gasteiger partial charge in [-0.3, -0.25) is 25.0 Å². The molecule has 1 fully saturated rings. The fourth-order valence-corrected chi connectivity index (χ4v) is 2.73. The van der Waals surface area contributed by atoms with E-state index in [9.17, 15) is 24.5 Å². The molecule has 148 valence electrons. The third-order valence-electron chi connectivity index (χ3n) is 4.14. The minimum absolute atomic E-state index is 0.0339. The summed E-state index contributed by atoms with van der Waals surface area (Å²) in [4.78, 5) is 48.6. The fraction of sp³-hybridized carbons (Fsp3) is 0.105. The number of rotatable bonds is 5. The van der Waals surface area contributed by atoms with Crippen LogP contribution in [0.15, 0.2) is 48.0 Å². The lowest BCUT2D eigenvalue weighted by Crippen LogP contribution is -2.54. The van der Waals surface area contributed by atoms with Crippen molar-refractivity contribution in [2.24, 2.45) is 0 Å². The fourth-order valence-electron chi connectivity index (χ4n) is 2.73. The van der Waals surface area contributed by atoms with Gasteiger partial charge in [-0.1, -0.05) is 6.07 Å². The zero-order valence-electron chi connectivity index (χ0n) is 15.4. The van der Waals surface area contributed by atoms with Gasteiger partial charge in [-0.05, 0) is 42.0 Å². The first-order valence-corrected chi connectivity index (χ1v) is 8.23. The van der Waals surface area contributed by atoms with Crippen molar-refractivity contribution < 1.29 is 28.8 Å². The summed E-state index contributed by atoms with van der Waals surface area (Å²) < 4.78 is 9.97. The average Bonchev–Trinajstić information content (AvgIpc) is 2.71. The number of hydrogen-bond donors (Lipinski definition) is 1. The van der Waals surface area contributed by atoms with Gasteiger partial charge in [0, 0.05) is 6.07 Å². The molecule has 1 saturated heterocycles. The molecule has 3 rings (SSSR count). The van der Waals surface area contributed by atoms with Crippen LogP contribution in [0, 0.1) is 10.1 Å². The molecule has 2 aromatic rings. The summed E-state index contributed by atoms with van der Waals surface area (Å²) in [6.07, 6.45) is 1.17. The molecule has 2 aromatic carbocycles. The zero-order valence-corrected chi connectivity index (χ0v) is 15.4. The first kappa shape index (κ1) is 19.5. The van der Waals surface area contributed by atoms with Gasteiger partial charge in [0.15, 0.2) is 5.75 Å². The number of hydrogen-bond acceptors (Lipinski definition) is 7. The molecule has 0 unspecified atom stereocenters. The molecule has 0 radical (unpaired) electrons. The number of methoxy groups -OCH3 is 2. The third-order valence-corrected chi connectivity index (χ3v) is 4.14. The number of ether oxygens (including phenoxy) is 2. The largest absolute Gasteiger partial charge is 0.497 e. The maximum Gasteiger partial charge on any atom is 0.335 e. The topological polar surface area (TPSA) is 128 Å². The molecule has 0 bridgehead atoms. The minimum Gasteiger partial charge on any atom is -0.497 e. The molecule has 0 spiro atoms. The second kappa shape index (κ2) is 7.80. The van der Waals surface area contributed by atoms with Crippen molar-refractivity contribution in [2.75, 3.05) is 19.1 Å². The number of benzene rings is 2. The van der Waals surface area contributed by atoms with E-state index in [1.165, 1.54) is 50.6 Å². The summed E-state index contributed by atoms with van der Waals surface area (Å²) in [5.74, 6) is -1.20. The van der Waals surface area contributed by atoms with Gasteiger partial charge in [0.25, 0.3) is 11.8 Å². The van der Waals surface area contributed by atoms with E-state index in [1.54, 1.807) is 12.1 Å². The Hall–Kier alpha value is -4.21. The standard InChI is InChI=1S/C19H15N3O7/c1-28-13-6-4-12(5-7-13)21-18(24)14(17(23)20-19(21)25)9-11-3-8-16(29-2)15(10-11)22(26)27/h3-10H,1-2H3,(H,20,23,25)/b14-9-. The van der Waals surface area contributed by atoms with E-state index in [4.69, 9.17) is 9.47 Å². The van der Waals surface area contributed by atoms with Crippen molar-refractivity contribution in [1.29, 1.82) is 0 Å². The molecule has 4 amide bonds. The van der Waals surface area contributed by atoms with Gasteiger partial charge in [0.1, 0.15) is 11.3 Å². The van der Waals surface area contributed by atoms with Gasteiger partial charge in [-0.25, -0.2) is 9.69 Å². The molecular weight excluding hydrogens is 382 g/mol. The predicted molar refractivity (Wildman–Crippen MR) is 102 cm³/mol. The Morgan fingerprint density at radius 1 is 1.03 bits per heavy atom. The average molecular weight is 397 g/mol. The maximum atomic E-state index is 12.8. The molecule has 1 N–H and O–H groups in total. The molecule has 0 saturated carbocycles. The van der Waals surface area contributed by atoms with Crippen LogP contribution in [0.5, 0.6) is 11.5 Å². The van der Waals surface area contributed by atoms with Crippen molar-refractivity contribution >= 4 is 35.3 Å². The number of barbiturate groups is 1. The molecule has 0 aromatic heterocycles. The summed E-state index contributed by atoms with van der Waals surface area (Å²) in [6, 6.07) is 9.16. The van der Waals surface area contributed by atoms with E-state index in [2.05, 4.69) is 5.32 Å². The van der Waals surface area contributed by atoms with Crippen molar-refractivity contribution in [1.82, 2.24) is 5.32 Å². The monoisotopic (exact) mass is 397 g/mol. The molecule has 10 nitrogen and oxygen atoms in total. The van der Waals surface area contributed by atoms with Crippen LogP contribution in [0.4, 0.5) is 16.2 Å². The van der Waals surface area contributed by atoms with E-state index in [0.717, 1.165) is 4.90 Å². The van der Waals surface area contributed by atoms with E-state index >= 15 is 0 Å². The highest BCUT2D eigenvalue weighted by molar-refractivity contribution is 6.39. The van der Waals surface area contributed by atoms with E-state index in [-0.39, 0.29) is 28.3 Å². The third kappa shape index (κ3) is 3.76. The minimum atomic E-state index is -0.900. The predicted octanol–water partition coefficient (Wildman–Crippen LogP) is 2.28. The lowest BCUT2D eigenvalue weighted by molar-refractivity contribution is -0.385. The van der Waals surface area contributed by atoms with Crippen LogP contribution in [-0.4, -0.2) is 37.0 Å². The van der Waals surface area contributed by atoms with E-state index < -0.39 is 22.8 Å². The molecule has 29 heavy (non-hydrogen) atoms. The van der Waals surface area contributed by atoms with Crippen LogP contribution in [0.25, 0.3) is 6.08 Å². The van der Waals surface area contributed by atoms with Gasteiger partial charge in [0.2, 0.25) is 0 Å². The lowest BCUT2D eigenvalue weighted by Gasteiger charge is -2.26. The molecule has 1 heterocycles. The Labute approximate surface area is 164 Å². The quantitative estimate of drug-likeness (QED) is 0.355. The summed E-state index contributed by atoms with van der Waals surface area (Å²) >= 11 is 0. The highest BCUT2D eigenvalue weighted by atomic mass is 16.6. The van der Waals surface area contributed by atoms with Crippen LogP contribution < -0.4 is 19.7 Å². The van der Waals surface area contributed by atoms with E-state index in [1.807, 2.05) is 0 Å². The number of anilines is 1. The number of amides is 4. The van der Waals surface area contributed by atoms with E-state index in [0.29, 0.717) is 5.75 Å². The Morgan fingerprint density at radius 2 is 1.72 bits per heavy atom. The second-order valence-corrected chi connectivity index (χ2v) is 5.84. The number of imide groups is 2. The Bertz CT molecular complexity index is 1040. The Morgan fingerprint density at radius 3 is 2.31 bits per heavy atom. The number of carbonyl (C=O) groups is 3. The lowest BCUT2D eigenvalue weighted by atomic mass is 10.1. The number of nitro benzene ring substituents is 1. The Kier molecular flexibility index (Phi) is 5.26.